The molecule has 0 unspecified atom stereocenters. The van der Waals surface area contributed by atoms with Crippen LogP contribution in [0, 0.1) is 0 Å². The quantitative estimate of drug-likeness (QED) is 0.704. The first-order valence-electron chi connectivity index (χ1n) is 8.02. The fraction of sp³-hybridized carbons (Fsp3) is 0.250. The number of halogens is 2. The van der Waals surface area contributed by atoms with Gasteiger partial charge in [0.1, 0.15) is 11.3 Å². The van der Waals surface area contributed by atoms with Crippen LogP contribution in [0.4, 0.5) is 20.5 Å². The first-order chi connectivity index (χ1) is 12.9. The molecule has 9 nitrogen and oxygen atoms in total. The van der Waals surface area contributed by atoms with Gasteiger partial charge in [0.2, 0.25) is 5.95 Å². The summed E-state index contributed by atoms with van der Waals surface area (Å²) < 4.78 is 30.4. The Bertz CT molecular complexity index is 1000. The van der Waals surface area contributed by atoms with Crippen molar-refractivity contribution in [2.75, 3.05) is 24.6 Å². The molecule has 3 aromatic rings. The van der Waals surface area contributed by atoms with Gasteiger partial charge in [0.05, 0.1) is 12.4 Å². The minimum Gasteiger partial charge on any atom is -0.435 e. The zero-order chi connectivity index (χ0) is 19.1. The molecular weight excluding hydrogens is 360 g/mol. The Morgan fingerprint density at radius 2 is 1.89 bits per heavy atom. The molecule has 1 amide bonds. The van der Waals surface area contributed by atoms with Crippen molar-refractivity contribution in [3.8, 4) is 5.75 Å². The first-order valence-corrected chi connectivity index (χ1v) is 8.02. The molecule has 27 heavy (non-hydrogen) atoms. The molecule has 0 radical (unpaired) electrons. The number of carbonyl (C=O) groups excluding carboxylic acids is 1. The minimum absolute atomic E-state index is 0.00258. The average molecular weight is 375 g/mol. The van der Waals surface area contributed by atoms with Crippen molar-refractivity contribution in [2.45, 2.75) is 12.7 Å². The molecule has 3 heterocycles. The maximum atomic E-state index is 12.5. The van der Waals surface area contributed by atoms with Crippen LogP contribution in [0.15, 0.2) is 30.6 Å². The summed E-state index contributed by atoms with van der Waals surface area (Å²) in [5.41, 5.74) is 12.8. The number of alkyl halides is 2. The van der Waals surface area contributed by atoms with Gasteiger partial charge in [0, 0.05) is 18.7 Å². The van der Waals surface area contributed by atoms with E-state index in [-0.39, 0.29) is 29.5 Å². The van der Waals surface area contributed by atoms with Crippen LogP contribution in [-0.2, 0) is 0 Å². The Morgan fingerprint density at radius 3 is 2.56 bits per heavy atom. The smallest absolute Gasteiger partial charge is 0.387 e. The van der Waals surface area contributed by atoms with Gasteiger partial charge in [-0.25, -0.2) is 4.98 Å². The molecule has 140 valence electrons. The van der Waals surface area contributed by atoms with Crippen LogP contribution in [0.2, 0.25) is 0 Å². The Hall–Kier alpha value is -3.50. The number of imidazole rings is 1. The third-order valence-corrected chi connectivity index (χ3v) is 4.33. The molecule has 4 N–H and O–H groups in total. The number of anilines is 2. The van der Waals surface area contributed by atoms with Gasteiger partial charge < -0.3 is 25.7 Å². The number of hydrogen-bond acceptors (Lipinski definition) is 7. The molecule has 1 aliphatic rings. The number of nitrogens with two attached hydrogens (primary N) is 2. The normalized spacial score (nSPS) is 14.6. The molecule has 1 saturated heterocycles. The highest BCUT2D eigenvalue weighted by Crippen LogP contribution is 2.28. The predicted molar refractivity (Wildman–Crippen MR) is 92.2 cm³/mol. The van der Waals surface area contributed by atoms with Crippen molar-refractivity contribution in [3.63, 3.8) is 0 Å². The third-order valence-electron chi connectivity index (χ3n) is 4.33. The third kappa shape index (κ3) is 3.07. The number of likely N-dealkylation sites (tertiary alicyclic amines) is 1. The number of ether oxygens (including phenoxy) is 1. The highest BCUT2D eigenvalue weighted by molar-refractivity contribution is 5.95. The van der Waals surface area contributed by atoms with Gasteiger partial charge in [0.15, 0.2) is 11.5 Å². The van der Waals surface area contributed by atoms with E-state index < -0.39 is 6.61 Å². The van der Waals surface area contributed by atoms with Crippen molar-refractivity contribution in [2.24, 2.45) is 0 Å². The maximum absolute atomic E-state index is 12.5. The standard InChI is InChI=1S/C16H15F2N7O2/c17-15(18)27-10-3-1-8(2-4-10)14(26)24-5-9(6-24)25-7-21-11-12(19)22-16(20)23-13(11)25/h1-4,7,9,15H,5-6H2,(H4,19,20,22,23). The lowest BCUT2D eigenvalue weighted by molar-refractivity contribution is -0.0498. The van der Waals surface area contributed by atoms with E-state index in [1.54, 1.807) is 11.2 Å². The summed E-state index contributed by atoms with van der Waals surface area (Å²) in [5.74, 6) is 0.0606. The lowest BCUT2D eigenvalue weighted by Gasteiger charge is -2.39. The molecule has 1 aliphatic heterocycles. The van der Waals surface area contributed by atoms with Crippen molar-refractivity contribution in [1.82, 2.24) is 24.4 Å². The number of carbonyl (C=O) groups is 1. The summed E-state index contributed by atoms with van der Waals surface area (Å²) in [7, 11) is 0. The van der Waals surface area contributed by atoms with Gasteiger partial charge in [-0.2, -0.15) is 18.7 Å². The van der Waals surface area contributed by atoms with Gasteiger partial charge in [0.25, 0.3) is 5.91 Å². The molecule has 0 aliphatic carbocycles. The predicted octanol–water partition coefficient (Wildman–Crippen LogP) is 1.29. The topological polar surface area (TPSA) is 125 Å². The van der Waals surface area contributed by atoms with E-state index in [1.807, 2.05) is 4.57 Å². The van der Waals surface area contributed by atoms with E-state index in [2.05, 4.69) is 19.7 Å². The number of nitrogens with zero attached hydrogens (tertiary/aromatic N) is 5. The molecular formula is C16H15F2N7O2. The molecule has 1 fully saturated rings. The number of aromatic nitrogens is 4. The Morgan fingerprint density at radius 1 is 1.19 bits per heavy atom. The van der Waals surface area contributed by atoms with Crippen LogP contribution in [0.3, 0.4) is 0 Å². The lowest BCUT2D eigenvalue weighted by Crippen LogP contribution is -2.50. The molecule has 0 saturated carbocycles. The summed E-state index contributed by atoms with van der Waals surface area (Å²) in [5, 5.41) is 0. The average Bonchev–Trinajstić information content (AvgIpc) is 2.97. The molecule has 0 bridgehead atoms. The monoisotopic (exact) mass is 375 g/mol. The molecule has 2 aromatic heterocycles. The van der Waals surface area contributed by atoms with Crippen LogP contribution >= 0.6 is 0 Å². The van der Waals surface area contributed by atoms with E-state index in [1.165, 1.54) is 24.3 Å². The summed E-state index contributed by atoms with van der Waals surface area (Å²) in [4.78, 5) is 26.4. The number of benzene rings is 1. The second-order valence-corrected chi connectivity index (χ2v) is 6.06. The van der Waals surface area contributed by atoms with Crippen molar-refractivity contribution < 1.29 is 18.3 Å². The Kier molecular flexibility index (Phi) is 3.98. The van der Waals surface area contributed by atoms with Gasteiger partial charge in [-0.05, 0) is 24.3 Å². The summed E-state index contributed by atoms with van der Waals surface area (Å²) in [6, 6.07) is 5.56. The van der Waals surface area contributed by atoms with Gasteiger partial charge >= 0.3 is 6.61 Å². The second-order valence-electron chi connectivity index (χ2n) is 6.06. The van der Waals surface area contributed by atoms with Crippen molar-refractivity contribution in [1.29, 1.82) is 0 Å². The van der Waals surface area contributed by atoms with Gasteiger partial charge in [-0.15, -0.1) is 0 Å². The van der Waals surface area contributed by atoms with E-state index in [0.717, 1.165) is 0 Å². The number of fused-ring (bicyclic) bond motifs is 1. The van der Waals surface area contributed by atoms with Crippen LogP contribution < -0.4 is 16.2 Å². The summed E-state index contributed by atoms with van der Waals surface area (Å²) in [6.07, 6.45) is 1.60. The molecule has 0 atom stereocenters. The molecule has 1 aromatic carbocycles. The zero-order valence-electron chi connectivity index (χ0n) is 13.9. The molecule has 4 rings (SSSR count). The molecule has 11 heteroatoms. The minimum atomic E-state index is -2.90. The summed E-state index contributed by atoms with van der Waals surface area (Å²) >= 11 is 0. The van der Waals surface area contributed by atoms with Crippen LogP contribution in [-0.4, -0.2) is 50.0 Å². The highest BCUT2D eigenvalue weighted by Gasteiger charge is 2.33. The lowest BCUT2D eigenvalue weighted by atomic mass is 10.1. The van der Waals surface area contributed by atoms with Gasteiger partial charge in [-0.1, -0.05) is 0 Å². The Balaban J connectivity index is 1.46. The number of nitrogen functional groups attached to an aromatic ring is 2. The van der Waals surface area contributed by atoms with E-state index in [4.69, 9.17) is 11.5 Å². The first kappa shape index (κ1) is 16.9. The second kappa shape index (κ2) is 6.34. The van der Waals surface area contributed by atoms with Gasteiger partial charge in [-0.3, -0.25) is 4.79 Å². The summed E-state index contributed by atoms with van der Waals surface area (Å²) in [6.45, 7) is -2.01. The maximum Gasteiger partial charge on any atom is 0.387 e. The van der Waals surface area contributed by atoms with Crippen molar-refractivity contribution in [3.05, 3.63) is 36.2 Å². The number of amides is 1. The number of rotatable bonds is 4. The van der Waals surface area contributed by atoms with Crippen molar-refractivity contribution >= 4 is 28.8 Å². The highest BCUT2D eigenvalue weighted by atomic mass is 19.3. The Labute approximate surface area is 151 Å². The largest absolute Gasteiger partial charge is 0.435 e. The molecule has 0 spiro atoms. The van der Waals surface area contributed by atoms with Crippen LogP contribution in [0.5, 0.6) is 5.75 Å². The van der Waals surface area contributed by atoms with E-state index in [9.17, 15) is 13.6 Å². The zero-order valence-corrected chi connectivity index (χ0v) is 13.9. The van der Waals surface area contributed by atoms with E-state index in [0.29, 0.717) is 29.8 Å². The van der Waals surface area contributed by atoms with E-state index >= 15 is 0 Å². The van der Waals surface area contributed by atoms with Crippen LogP contribution in [0.1, 0.15) is 16.4 Å². The fourth-order valence-corrected chi connectivity index (χ4v) is 2.98. The number of hydrogen-bond donors (Lipinski definition) is 2. The fourth-order valence-electron chi connectivity index (χ4n) is 2.98. The van der Waals surface area contributed by atoms with Crippen LogP contribution in [0.25, 0.3) is 11.2 Å². The SMILES string of the molecule is Nc1nc(N)c2ncn(C3CN(C(=O)c4ccc(OC(F)F)cc4)C3)c2n1.